The number of hydrogen-bond acceptors (Lipinski definition) is 3. The molecule has 1 fully saturated rings. The van der Waals surface area contributed by atoms with Gasteiger partial charge in [0.2, 0.25) is 5.91 Å². The van der Waals surface area contributed by atoms with Crippen molar-refractivity contribution in [1.82, 2.24) is 4.90 Å². The SMILES string of the molecule is CSCC(=O)N1CCC(c2ccc(OC(F)(F)F)cc2)CC1. The molecule has 0 aliphatic carbocycles. The first kappa shape index (κ1) is 17.0. The molecular weight excluding hydrogens is 315 g/mol. The quantitative estimate of drug-likeness (QED) is 0.842. The van der Waals surface area contributed by atoms with Crippen molar-refractivity contribution in [2.45, 2.75) is 25.1 Å². The minimum absolute atomic E-state index is 0.153. The van der Waals surface area contributed by atoms with Gasteiger partial charge < -0.3 is 9.64 Å². The highest BCUT2D eigenvalue weighted by Crippen LogP contribution is 2.30. The molecule has 1 aliphatic heterocycles. The number of ether oxygens (including phenoxy) is 1. The van der Waals surface area contributed by atoms with Gasteiger partial charge in [-0.05, 0) is 42.7 Å². The van der Waals surface area contributed by atoms with E-state index in [1.807, 2.05) is 11.2 Å². The Kier molecular flexibility index (Phi) is 5.61. The first-order valence-electron chi connectivity index (χ1n) is 7.01. The Balaban J connectivity index is 1.90. The fourth-order valence-corrected chi connectivity index (χ4v) is 3.05. The monoisotopic (exact) mass is 333 g/mol. The Labute approximate surface area is 131 Å². The van der Waals surface area contributed by atoms with Crippen molar-refractivity contribution in [2.75, 3.05) is 25.1 Å². The summed E-state index contributed by atoms with van der Waals surface area (Å²) in [5.74, 6) is 0.718. The summed E-state index contributed by atoms with van der Waals surface area (Å²) in [6, 6.07) is 6.03. The third kappa shape index (κ3) is 4.83. The maximum Gasteiger partial charge on any atom is 0.573 e. The molecule has 0 N–H and O–H groups in total. The Morgan fingerprint density at radius 3 is 2.36 bits per heavy atom. The van der Waals surface area contributed by atoms with E-state index in [-0.39, 0.29) is 17.6 Å². The summed E-state index contributed by atoms with van der Waals surface area (Å²) >= 11 is 1.51. The molecule has 1 aromatic carbocycles. The third-order valence-corrected chi connectivity index (χ3v) is 4.24. The number of nitrogens with zero attached hydrogens (tertiary/aromatic N) is 1. The standard InChI is InChI=1S/C15H18F3NO2S/c1-22-10-14(20)19-8-6-12(7-9-19)11-2-4-13(5-3-11)21-15(16,17)18/h2-5,12H,6-10H2,1H3. The van der Waals surface area contributed by atoms with Crippen LogP contribution in [0, 0.1) is 0 Å². The second-order valence-corrected chi connectivity index (χ2v) is 6.07. The van der Waals surface area contributed by atoms with Crippen LogP contribution in [-0.4, -0.2) is 42.3 Å². The minimum atomic E-state index is -4.66. The van der Waals surface area contributed by atoms with E-state index in [0.717, 1.165) is 18.4 Å². The van der Waals surface area contributed by atoms with E-state index in [9.17, 15) is 18.0 Å². The number of amides is 1. The summed E-state index contributed by atoms with van der Waals surface area (Å²) in [5, 5.41) is 0. The van der Waals surface area contributed by atoms with Crippen molar-refractivity contribution in [3.05, 3.63) is 29.8 Å². The molecule has 0 aromatic heterocycles. The van der Waals surface area contributed by atoms with Gasteiger partial charge in [0.05, 0.1) is 5.75 Å². The maximum atomic E-state index is 12.1. The smallest absolute Gasteiger partial charge is 0.406 e. The van der Waals surface area contributed by atoms with Gasteiger partial charge in [-0.15, -0.1) is 13.2 Å². The lowest BCUT2D eigenvalue weighted by Gasteiger charge is -2.32. The lowest BCUT2D eigenvalue weighted by atomic mass is 9.89. The fraction of sp³-hybridized carbons (Fsp3) is 0.533. The van der Waals surface area contributed by atoms with Crippen LogP contribution in [0.4, 0.5) is 13.2 Å². The van der Waals surface area contributed by atoms with Crippen LogP contribution in [0.1, 0.15) is 24.3 Å². The topological polar surface area (TPSA) is 29.5 Å². The van der Waals surface area contributed by atoms with E-state index < -0.39 is 6.36 Å². The molecule has 1 aromatic rings. The zero-order valence-electron chi connectivity index (χ0n) is 12.2. The van der Waals surface area contributed by atoms with Gasteiger partial charge in [-0.3, -0.25) is 4.79 Å². The lowest BCUT2D eigenvalue weighted by molar-refractivity contribution is -0.274. The van der Waals surface area contributed by atoms with Gasteiger partial charge in [0.25, 0.3) is 0 Å². The second-order valence-electron chi connectivity index (χ2n) is 5.20. The summed E-state index contributed by atoms with van der Waals surface area (Å²) in [6.07, 6.45) is -1.10. The highest BCUT2D eigenvalue weighted by atomic mass is 32.2. The molecule has 0 unspecified atom stereocenters. The van der Waals surface area contributed by atoms with Gasteiger partial charge in [-0.1, -0.05) is 12.1 Å². The average Bonchev–Trinajstić information content (AvgIpc) is 2.47. The summed E-state index contributed by atoms with van der Waals surface area (Å²) in [5.41, 5.74) is 0.992. The molecule has 22 heavy (non-hydrogen) atoms. The van der Waals surface area contributed by atoms with Gasteiger partial charge >= 0.3 is 6.36 Å². The zero-order chi connectivity index (χ0) is 16.2. The molecule has 0 bridgehead atoms. The highest BCUT2D eigenvalue weighted by molar-refractivity contribution is 7.99. The molecular formula is C15H18F3NO2S. The number of likely N-dealkylation sites (tertiary alicyclic amines) is 1. The van der Waals surface area contributed by atoms with Crippen LogP contribution in [-0.2, 0) is 4.79 Å². The number of halogens is 3. The van der Waals surface area contributed by atoms with Crippen LogP contribution < -0.4 is 4.74 Å². The molecule has 1 heterocycles. The van der Waals surface area contributed by atoms with E-state index in [0.29, 0.717) is 18.8 Å². The molecule has 0 spiro atoms. The predicted octanol–water partition coefficient (Wildman–Crippen LogP) is 3.65. The number of benzene rings is 1. The van der Waals surface area contributed by atoms with Crippen molar-refractivity contribution >= 4 is 17.7 Å². The molecule has 1 saturated heterocycles. The van der Waals surface area contributed by atoms with E-state index >= 15 is 0 Å². The number of carbonyl (C=O) groups excluding carboxylic acids is 1. The zero-order valence-corrected chi connectivity index (χ0v) is 13.0. The Hall–Kier alpha value is -1.37. The van der Waals surface area contributed by atoms with Crippen LogP contribution in [0.3, 0.4) is 0 Å². The van der Waals surface area contributed by atoms with Crippen molar-refractivity contribution in [3.63, 3.8) is 0 Å². The van der Waals surface area contributed by atoms with Crippen molar-refractivity contribution in [2.24, 2.45) is 0 Å². The van der Waals surface area contributed by atoms with Crippen molar-refractivity contribution in [3.8, 4) is 5.75 Å². The highest BCUT2D eigenvalue weighted by Gasteiger charge is 2.31. The van der Waals surface area contributed by atoms with E-state index in [1.165, 1.54) is 23.9 Å². The van der Waals surface area contributed by atoms with Gasteiger partial charge in [-0.25, -0.2) is 0 Å². The molecule has 1 amide bonds. The number of alkyl halides is 3. The molecule has 0 atom stereocenters. The van der Waals surface area contributed by atoms with Gasteiger partial charge in [-0.2, -0.15) is 11.8 Å². The van der Waals surface area contributed by atoms with E-state index in [4.69, 9.17) is 0 Å². The molecule has 122 valence electrons. The Morgan fingerprint density at radius 1 is 1.27 bits per heavy atom. The van der Waals surface area contributed by atoms with Gasteiger partial charge in [0, 0.05) is 13.1 Å². The lowest BCUT2D eigenvalue weighted by Crippen LogP contribution is -2.38. The number of hydrogen-bond donors (Lipinski definition) is 0. The first-order chi connectivity index (χ1) is 10.4. The van der Waals surface area contributed by atoms with Gasteiger partial charge in [0.1, 0.15) is 5.75 Å². The van der Waals surface area contributed by atoms with Crippen LogP contribution >= 0.6 is 11.8 Å². The Morgan fingerprint density at radius 2 is 1.86 bits per heavy atom. The van der Waals surface area contributed by atoms with E-state index in [2.05, 4.69) is 4.74 Å². The Bertz CT molecular complexity index is 497. The van der Waals surface area contributed by atoms with Gasteiger partial charge in [0.15, 0.2) is 0 Å². The third-order valence-electron chi connectivity index (χ3n) is 3.70. The largest absolute Gasteiger partial charge is 0.573 e. The van der Waals surface area contributed by atoms with Crippen LogP contribution in [0.2, 0.25) is 0 Å². The average molecular weight is 333 g/mol. The molecule has 0 radical (unpaired) electrons. The molecule has 1 aliphatic rings. The normalized spacial score (nSPS) is 16.6. The minimum Gasteiger partial charge on any atom is -0.406 e. The second kappa shape index (κ2) is 7.26. The number of piperidine rings is 1. The molecule has 0 saturated carbocycles. The summed E-state index contributed by atoms with van der Waals surface area (Å²) in [6.45, 7) is 1.40. The van der Waals surface area contributed by atoms with E-state index in [1.54, 1.807) is 12.1 Å². The fourth-order valence-electron chi connectivity index (χ4n) is 2.62. The summed E-state index contributed by atoms with van der Waals surface area (Å²) in [7, 11) is 0. The number of rotatable bonds is 4. The first-order valence-corrected chi connectivity index (χ1v) is 8.41. The summed E-state index contributed by atoms with van der Waals surface area (Å²) < 4.78 is 40.2. The van der Waals surface area contributed by atoms with Crippen LogP contribution in [0.15, 0.2) is 24.3 Å². The molecule has 2 rings (SSSR count). The summed E-state index contributed by atoms with van der Waals surface area (Å²) in [4.78, 5) is 13.7. The van der Waals surface area contributed by atoms with Crippen LogP contribution in [0.5, 0.6) is 5.75 Å². The van der Waals surface area contributed by atoms with Crippen molar-refractivity contribution in [1.29, 1.82) is 0 Å². The number of carbonyl (C=O) groups is 1. The number of thioether (sulfide) groups is 1. The molecule has 3 nitrogen and oxygen atoms in total. The predicted molar refractivity (Wildman–Crippen MR) is 80.1 cm³/mol. The van der Waals surface area contributed by atoms with Crippen molar-refractivity contribution < 1.29 is 22.7 Å². The maximum absolute atomic E-state index is 12.1. The van der Waals surface area contributed by atoms with Crippen LogP contribution in [0.25, 0.3) is 0 Å². The molecule has 7 heteroatoms.